The van der Waals surface area contributed by atoms with Crippen LogP contribution in [-0.2, 0) is 25.8 Å². The fourth-order valence-electron chi connectivity index (χ4n) is 3.96. The second kappa shape index (κ2) is 8.87. The zero-order valence-corrected chi connectivity index (χ0v) is 16.3. The number of carbonyl (C=O) groups is 2. The van der Waals surface area contributed by atoms with Crippen LogP contribution in [0.25, 0.3) is 0 Å². The van der Waals surface area contributed by atoms with Gasteiger partial charge in [0.1, 0.15) is 0 Å². The van der Waals surface area contributed by atoms with Crippen molar-refractivity contribution < 1.29 is 18.0 Å². The molecule has 1 unspecified atom stereocenters. The van der Waals surface area contributed by atoms with Crippen LogP contribution < -0.4 is 10.6 Å². The van der Waals surface area contributed by atoms with Gasteiger partial charge in [0.25, 0.3) is 0 Å². The molecule has 7 heteroatoms. The number of sulfone groups is 1. The van der Waals surface area contributed by atoms with Gasteiger partial charge in [0, 0.05) is 24.4 Å². The summed E-state index contributed by atoms with van der Waals surface area (Å²) in [6.45, 7) is 0.624. The highest BCUT2D eigenvalue weighted by molar-refractivity contribution is 7.91. The maximum absolute atomic E-state index is 12.4. The standard InChI is InChI=1S/C20H28N2O4S/c23-19(21-12-10-15-4-2-1-3-5-15)16-6-8-17(9-7-16)20(24)22-18-11-13-27(25,26)14-18/h1-5,16-18H,6-14H2,(H,21,23)(H,22,24). The fraction of sp³-hybridized carbons (Fsp3) is 0.600. The number of hydrogen-bond acceptors (Lipinski definition) is 4. The lowest BCUT2D eigenvalue weighted by Gasteiger charge is -2.28. The van der Waals surface area contributed by atoms with Crippen molar-refractivity contribution in [3.63, 3.8) is 0 Å². The van der Waals surface area contributed by atoms with Gasteiger partial charge in [-0.2, -0.15) is 0 Å². The van der Waals surface area contributed by atoms with E-state index in [-0.39, 0.29) is 41.2 Å². The van der Waals surface area contributed by atoms with Crippen LogP contribution in [0.3, 0.4) is 0 Å². The molecule has 1 aromatic carbocycles. The molecule has 0 bridgehead atoms. The molecule has 0 aromatic heterocycles. The minimum Gasteiger partial charge on any atom is -0.356 e. The van der Waals surface area contributed by atoms with Crippen LogP contribution in [-0.4, -0.2) is 44.3 Å². The number of hydrogen-bond donors (Lipinski definition) is 2. The Kier molecular flexibility index (Phi) is 6.52. The van der Waals surface area contributed by atoms with Gasteiger partial charge in [-0.25, -0.2) is 8.42 Å². The number of nitrogens with one attached hydrogen (secondary N) is 2. The molecule has 1 saturated heterocycles. The van der Waals surface area contributed by atoms with Crippen LogP contribution in [0.2, 0.25) is 0 Å². The zero-order valence-electron chi connectivity index (χ0n) is 15.5. The minimum absolute atomic E-state index is 0.0309. The summed E-state index contributed by atoms with van der Waals surface area (Å²) in [7, 11) is -2.99. The first kappa shape index (κ1) is 19.9. The summed E-state index contributed by atoms with van der Waals surface area (Å²) < 4.78 is 23.0. The van der Waals surface area contributed by atoms with Gasteiger partial charge in [0.05, 0.1) is 11.5 Å². The Morgan fingerprint density at radius 3 is 2.15 bits per heavy atom. The van der Waals surface area contributed by atoms with Crippen molar-refractivity contribution in [3.05, 3.63) is 35.9 Å². The molecule has 1 aliphatic carbocycles. The molecule has 1 atom stereocenters. The summed E-state index contributed by atoms with van der Waals surface area (Å²) in [5.41, 5.74) is 1.20. The summed E-state index contributed by atoms with van der Waals surface area (Å²) in [4.78, 5) is 24.7. The van der Waals surface area contributed by atoms with Crippen LogP contribution in [0.5, 0.6) is 0 Å². The molecular weight excluding hydrogens is 364 g/mol. The normalized spacial score (nSPS) is 27.0. The molecule has 2 amide bonds. The summed E-state index contributed by atoms with van der Waals surface area (Å²) in [5, 5.41) is 5.89. The van der Waals surface area contributed by atoms with E-state index in [4.69, 9.17) is 0 Å². The number of benzene rings is 1. The predicted octanol–water partition coefficient (Wildman–Crippen LogP) is 1.45. The highest BCUT2D eigenvalue weighted by Crippen LogP contribution is 2.29. The number of carbonyl (C=O) groups excluding carboxylic acids is 2. The summed E-state index contributed by atoms with van der Waals surface area (Å²) in [5.74, 6) is 0.0937. The third kappa shape index (κ3) is 5.79. The molecule has 1 saturated carbocycles. The van der Waals surface area contributed by atoms with Gasteiger partial charge in [-0.15, -0.1) is 0 Å². The van der Waals surface area contributed by atoms with E-state index in [1.807, 2.05) is 30.3 Å². The van der Waals surface area contributed by atoms with Crippen molar-refractivity contribution in [2.75, 3.05) is 18.1 Å². The van der Waals surface area contributed by atoms with Crippen molar-refractivity contribution in [1.29, 1.82) is 0 Å². The molecule has 3 rings (SSSR count). The quantitative estimate of drug-likeness (QED) is 0.767. The lowest BCUT2D eigenvalue weighted by Crippen LogP contribution is -2.42. The maximum Gasteiger partial charge on any atom is 0.223 e. The van der Waals surface area contributed by atoms with Crippen LogP contribution in [0.4, 0.5) is 0 Å². The Morgan fingerprint density at radius 1 is 0.926 bits per heavy atom. The second-order valence-corrected chi connectivity index (χ2v) is 9.91. The Bertz CT molecular complexity index is 755. The third-order valence-corrected chi connectivity index (χ3v) is 7.37. The number of amides is 2. The van der Waals surface area contributed by atoms with Crippen LogP contribution in [0.15, 0.2) is 30.3 Å². The third-order valence-electron chi connectivity index (χ3n) is 5.60. The van der Waals surface area contributed by atoms with Crippen LogP contribution in [0, 0.1) is 11.8 Å². The molecule has 2 fully saturated rings. The average molecular weight is 393 g/mol. The van der Waals surface area contributed by atoms with Gasteiger partial charge in [-0.05, 0) is 44.1 Å². The molecule has 148 valence electrons. The van der Waals surface area contributed by atoms with E-state index in [0.717, 1.165) is 6.42 Å². The Labute approximate surface area is 161 Å². The van der Waals surface area contributed by atoms with Crippen molar-refractivity contribution in [1.82, 2.24) is 10.6 Å². The van der Waals surface area contributed by atoms with Gasteiger partial charge >= 0.3 is 0 Å². The Balaban J connectivity index is 1.36. The summed E-state index contributed by atoms with van der Waals surface area (Å²) in [6.07, 6.45) is 4.10. The predicted molar refractivity (Wildman–Crippen MR) is 104 cm³/mol. The first-order chi connectivity index (χ1) is 12.9. The highest BCUT2D eigenvalue weighted by atomic mass is 32.2. The molecule has 1 aromatic rings. The lowest BCUT2D eigenvalue weighted by atomic mass is 9.81. The first-order valence-electron chi connectivity index (χ1n) is 9.75. The van der Waals surface area contributed by atoms with Gasteiger partial charge in [-0.1, -0.05) is 30.3 Å². The van der Waals surface area contributed by atoms with Crippen molar-refractivity contribution in [3.8, 4) is 0 Å². The van der Waals surface area contributed by atoms with E-state index in [1.54, 1.807) is 0 Å². The SMILES string of the molecule is O=C(NCCc1ccccc1)C1CCC(C(=O)NC2CCS(=O)(=O)C2)CC1. The highest BCUT2D eigenvalue weighted by Gasteiger charge is 2.33. The topological polar surface area (TPSA) is 92.3 Å². The Hall–Kier alpha value is -1.89. The fourth-order valence-corrected chi connectivity index (χ4v) is 5.64. The van der Waals surface area contributed by atoms with E-state index in [1.165, 1.54) is 5.56 Å². The zero-order chi connectivity index (χ0) is 19.3. The van der Waals surface area contributed by atoms with Gasteiger partial charge in [-0.3, -0.25) is 9.59 Å². The maximum atomic E-state index is 12.4. The molecule has 27 heavy (non-hydrogen) atoms. The number of rotatable bonds is 6. The van der Waals surface area contributed by atoms with Crippen LogP contribution >= 0.6 is 0 Å². The van der Waals surface area contributed by atoms with Gasteiger partial charge in [0.2, 0.25) is 11.8 Å². The second-order valence-electron chi connectivity index (χ2n) is 7.68. The molecule has 1 aliphatic heterocycles. The van der Waals surface area contributed by atoms with Crippen molar-refractivity contribution in [2.24, 2.45) is 11.8 Å². The molecule has 6 nitrogen and oxygen atoms in total. The van der Waals surface area contributed by atoms with E-state index in [2.05, 4.69) is 10.6 Å². The smallest absolute Gasteiger partial charge is 0.223 e. The van der Waals surface area contributed by atoms with E-state index in [0.29, 0.717) is 38.6 Å². The van der Waals surface area contributed by atoms with E-state index in [9.17, 15) is 18.0 Å². The lowest BCUT2D eigenvalue weighted by molar-refractivity contribution is -0.130. The van der Waals surface area contributed by atoms with E-state index >= 15 is 0 Å². The molecule has 1 heterocycles. The monoisotopic (exact) mass is 392 g/mol. The van der Waals surface area contributed by atoms with Gasteiger partial charge in [0.15, 0.2) is 9.84 Å². The summed E-state index contributed by atoms with van der Waals surface area (Å²) >= 11 is 0. The Morgan fingerprint density at radius 2 is 1.56 bits per heavy atom. The first-order valence-corrected chi connectivity index (χ1v) is 11.6. The van der Waals surface area contributed by atoms with Crippen LogP contribution in [0.1, 0.15) is 37.7 Å². The molecule has 2 aliphatic rings. The average Bonchev–Trinajstić information content (AvgIpc) is 3.01. The molecule has 0 spiro atoms. The van der Waals surface area contributed by atoms with Crippen molar-refractivity contribution >= 4 is 21.7 Å². The van der Waals surface area contributed by atoms with Crippen molar-refractivity contribution in [2.45, 2.75) is 44.6 Å². The molecule has 2 N–H and O–H groups in total. The molecule has 0 radical (unpaired) electrons. The largest absolute Gasteiger partial charge is 0.356 e. The summed E-state index contributed by atoms with van der Waals surface area (Å²) in [6, 6.07) is 9.80. The minimum atomic E-state index is -2.99. The van der Waals surface area contributed by atoms with Gasteiger partial charge < -0.3 is 10.6 Å². The molecular formula is C20H28N2O4S. The van der Waals surface area contributed by atoms with E-state index < -0.39 is 9.84 Å².